The summed E-state index contributed by atoms with van der Waals surface area (Å²) in [5.41, 5.74) is 2.71. The van der Waals surface area contributed by atoms with Crippen molar-refractivity contribution in [3.63, 3.8) is 0 Å². The smallest absolute Gasteiger partial charge is 0.229 e. The summed E-state index contributed by atoms with van der Waals surface area (Å²) in [4.78, 5) is 26.3. The van der Waals surface area contributed by atoms with E-state index in [-0.39, 0.29) is 24.2 Å². The summed E-state index contributed by atoms with van der Waals surface area (Å²) >= 11 is 5.98. The Morgan fingerprint density at radius 1 is 1.25 bits per heavy atom. The Kier molecular flexibility index (Phi) is 4.86. The van der Waals surface area contributed by atoms with E-state index in [0.717, 1.165) is 17.8 Å². The average molecular weight is 343 g/mol. The maximum absolute atomic E-state index is 12.4. The van der Waals surface area contributed by atoms with E-state index in [9.17, 15) is 9.59 Å². The van der Waals surface area contributed by atoms with Crippen LogP contribution in [0.15, 0.2) is 48.5 Å². The molecule has 2 aromatic carbocycles. The first-order valence-corrected chi connectivity index (χ1v) is 8.40. The van der Waals surface area contributed by atoms with E-state index in [0.29, 0.717) is 11.6 Å². The van der Waals surface area contributed by atoms with E-state index in [1.807, 2.05) is 30.3 Å². The van der Waals surface area contributed by atoms with Gasteiger partial charge >= 0.3 is 0 Å². The van der Waals surface area contributed by atoms with Gasteiger partial charge in [0.25, 0.3) is 0 Å². The van der Waals surface area contributed by atoms with Crippen molar-refractivity contribution in [2.75, 3.05) is 16.8 Å². The SMILES string of the molecule is CCc1ccc(NC(=O)C2CC(=O)N(c3cccc(Cl)c3)C2)cc1. The van der Waals surface area contributed by atoms with Gasteiger partial charge in [0.1, 0.15) is 0 Å². The van der Waals surface area contributed by atoms with Crippen molar-refractivity contribution < 1.29 is 9.59 Å². The fraction of sp³-hybridized carbons (Fsp3) is 0.263. The van der Waals surface area contributed by atoms with Crippen LogP contribution in [0.3, 0.4) is 0 Å². The zero-order valence-electron chi connectivity index (χ0n) is 13.5. The summed E-state index contributed by atoms with van der Waals surface area (Å²) in [6.45, 7) is 2.46. The molecule has 1 atom stereocenters. The molecule has 2 aromatic rings. The molecule has 4 nitrogen and oxygen atoms in total. The Morgan fingerprint density at radius 2 is 2.00 bits per heavy atom. The first-order chi connectivity index (χ1) is 11.6. The molecular formula is C19H19ClN2O2. The summed E-state index contributed by atoms with van der Waals surface area (Å²) < 4.78 is 0. The van der Waals surface area contributed by atoms with Crippen LogP contribution in [0.25, 0.3) is 0 Å². The molecule has 3 rings (SSSR count). The van der Waals surface area contributed by atoms with Crippen molar-refractivity contribution in [2.24, 2.45) is 5.92 Å². The van der Waals surface area contributed by atoms with Crippen LogP contribution in [0.1, 0.15) is 18.9 Å². The molecule has 0 bridgehead atoms. The predicted octanol–water partition coefficient (Wildman–Crippen LogP) is 3.89. The molecule has 1 saturated heterocycles. The van der Waals surface area contributed by atoms with Crippen LogP contribution in [0, 0.1) is 5.92 Å². The molecule has 2 amide bonds. The quantitative estimate of drug-likeness (QED) is 0.916. The van der Waals surface area contributed by atoms with E-state index in [1.54, 1.807) is 23.1 Å². The number of rotatable bonds is 4. The highest BCUT2D eigenvalue weighted by molar-refractivity contribution is 6.31. The summed E-state index contributed by atoms with van der Waals surface area (Å²) in [5, 5.41) is 3.47. The van der Waals surface area contributed by atoms with Gasteiger partial charge in [0.2, 0.25) is 11.8 Å². The lowest BCUT2D eigenvalue weighted by Crippen LogP contribution is -2.28. The third kappa shape index (κ3) is 3.60. The van der Waals surface area contributed by atoms with E-state index < -0.39 is 0 Å². The Hall–Kier alpha value is -2.33. The number of halogens is 1. The van der Waals surface area contributed by atoms with Gasteiger partial charge in [-0.25, -0.2) is 0 Å². The Balaban J connectivity index is 1.67. The molecule has 1 N–H and O–H groups in total. The zero-order chi connectivity index (χ0) is 17.1. The highest BCUT2D eigenvalue weighted by Crippen LogP contribution is 2.27. The largest absolute Gasteiger partial charge is 0.326 e. The molecule has 0 aromatic heterocycles. The number of hydrogen-bond acceptors (Lipinski definition) is 2. The second kappa shape index (κ2) is 7.05. The number of amides is 2. The van der Waals surface area contributed by atoms with Gasteiger partial charge in [-0.2, -0.15) is 0 Å². The minimum Gasteiger partial charge on any atom is -0.326 e. The first kappa shape index (κ1) is 16.5. The van der Waals surface area contributed by atoms with Crippen molar-refractivity contribution in [1.82, 2.24) is 0 Å². The molecular weight excluding hydrogens is 324 g/mol. The van der Waals surface area contributed by atoms with Crippen LogP contribution in [-0.2, 0) is 16.0 Å². The highest BCUT2D eigenvalue weighted by Gasteiger charge is 2.35. The monoisotopic (exact) mass is 342 g/mol. The summed E-state index contributed by atoms with van der Waals surface area (Å²) in [5.74, 6) is -0.543. The molecule has 0 aliphatic carbocycles. The van der Waals surface area contributed by atoms with Gasteiger partial charge in [-0.3, -0.25) is 9.59 Å². The Bertz CT molecular complexity index is 758. The van der Waals surface area contributed by atoms with E-state index in [4.69, 9.17) is 11.6 Å². The molecule has 1 aliphatic rings. The fourth-order valence-corrected chi connectivity index (χ4v) is 3.03. The number of carbonyl (C=O) groups excluding carboxylic acids is 2. The first-order valence-electron chi connectivity index (χ1n) is 8.02. The normalized spacial score (nSPS) is 17.2. The summed E-state index contributed by atoms with van der Waals surface area (Å²) in [6.07, 6.45) is 1.17. The number of nitrogens with zero attached hydrogens (tertiary/aromatic N) is 1. The van der Waals surface area contributed by atoms with Gasteiger partial charge in [0, 0.05) is 29.4 Å². The molecule has 0 radical (unpaired) electrons. The van der Waals surface area contributed by atoms with Crippen LogP contribution in [0.5, 0.6) is 0 Å². The molecule has 1 fully saturated rings. The minimum absolute atomic E-state index is 0.0567. The lowest BCUT2D eigenvalue weighted by Gasteiger charge is -2.17. The number of anilines is 2. The van der Waals surface area contributed by atoms with Crippen LogP contribution < -0.4 is 10.2 Å². The van der Waals surface area contributed by atoms with Crippen LogP contribution >= 0.6 is 11.6 Å². The van der Waals surface area contributed by atoms with Gasteiger partial charge in [-0.05, 0) is 42.3 Å². The molecule has 1 heterocycles. The topological polar surface area (TPSA) is 49.4 Å². The summed E-state index contributed by atoms with van der Waals surface area (Å²) in [7, 11) is 0. The third-order valence-corrected chi connectivity index (χ3v) is 4.48. The number of benzene rings is 2. The number of aryl methyl sites for hydroxylation is 1. The number of nitrogens with one attached hydrogen (secondary N) is 1. The van der Waals surface area contributed by atoms with E-state index >= 15 is 0 Å². The second-order valence-electron chi connectivity index (χ2n) is 5.92. The molecule has 0 saturated carbocycles. The van der Waals surface area contributed by atoms with Crippen molar-refractivity contribution in [1.29, 1.82) is 0 Å². The van der Waals surface area contributed by atoms with E-state index in [2.05, 4.69) is 12.2 Å². The molecule has 24 heavy (non-hydrogen) atoms. The number of hydrogen-bond donors (Lipinski definition) is 1. The standard InChI is InChI=1S/C19H19ClN2O2/c1-2-13-6-8-16(9-7-13)21-19(24)14-10-18(23)22(12-14)17-5-3-4-15(20)11-17/h3-9,11,14H,2,10,12H2,1H3,(H,21,24). The highest BCUT2D eigenvalue weighted by atomic mass is 35.5. The summed E-state index contributed by atoms with van der Waals surface area (Å²) in [6, 6.07) is 14.9. The zero-order valence-corrected chi connectivity index (χ0v) is 14.2. The van der Waals surface area contributed by atoms with Crippen molar-refractivity contribution >= 4 is 34.8 Å². The van der Waals surface area contributed by atoms with Gasteiger partial charge in [0.05, 0.1) is 5.92 Å². The molecule has 0 spiro atoms. The van der Waals surface area contributed by atoms with Crippen LogP contribution in [0.2, 0.25) is 5.02 Å². The van der Waals surface area contributed by atoms with E-state index in [1.165, 1.54) is 5.56 Å². The minimum atomic E-state index is -0.359. The van der Waals surface area contributed by atoms with Crippen molar-refractivity contribution in [2.45, 2.75) is 19.8 Å². The van der Waals surface area contributed by atoms with Crippen molar-refractivity contribution in [3.8, 4) is 0 Å². The van der Waals surface area contributed by atoms with Gasteiger partial charge < -0.3 is 10.2 Å². The molecule has 124 valence electrons. The maximum Gasteiger partial charge on any atom is 0.229 e. The molecule has 5 heteroatoms. The van der Waals surface area contributed by atoms with Crippen LogP contribution in [0.4, 0.5) is 11.4 Å². The van der Waals surface area contributed by atoms with Gasteiger partial charge in [0.15, 0.2) is 0 Å². The Morgan fingerprint density at radius 3 is 2.67 bits per heavy atom. The lowest BCUT2D eigenvalue weighted by molar-refractivity contribution is -0.122. The average Bonchev–Trinajstić information content (AvgIpc) is 2.97. The van der Waals surface area contributed by atoms with Gasteiger partial charge in [-0.15, -0.1) is 0 Å². The lowest BCUT2D eigenvalue weighted by atomic mass is 10.1. The predicted molar refractivity (Wildman–Crippen MR) is 96.4 cm³/mol. The Labute approximate surface area is 146 Å². The van der Waals surface area contributed by atoms with Crippen LogP contribution in [-0.4, -0.2) is 18.4 Å². The maximum atomic E-state index is 12.4. The fourth-order valence-electron chi connectivity index (χ4n) is 2.84. The number of carbonyl (C=O) groups is 2. The van der Waals surface area contributed by atoms with Gasteiger partial charge in [-0.1, -0.05) is 36.7 Å². The molecule has 1 aliphatic heterocycles. The molecule has 1 unspecified atom stereocenters. The van der Waals surface area contributed by atoms with Crippen molar-refractivity contribution in [3.05, 3.63) is 59.1 Å². The second-order valence-corrected chi connectivity index (χ2v) is 6.36. The third-order valence-electron chi connectivity index (χ3n) is 4.25.